The van der Waals surface area contributed by atoms with Gasteiger partial charge in [-0.25, -0.2) is 4.98 Å². The number of halogens is 1. The molecular formula is C37H55ClN8O5S. The number of aromatic nitrogens is 4. The van der Waals surface area contributed by atoms with E-state index in [0.29, 0.717) is 50.1 Å². The first-order valence-corrected chi connectivity index (χ1v) is 19.7. The third kappa shape index (κ3) is 6.49. The van der Waals surface area contributed by atoms with Gasteiger partial charge in [0, 0.05) is 80.7 Å². The van der Waals surface area contributed by atoms with Gasteiger partial charge in [-0.1, -0.05) is 33.8 Å². The molecule has 52 heavy (non-hydrogen) atoms. The molecule has 4 N–H and O–H groups in total. The van der Waals surface area contributed by atoms with Gasteiger partial charge >= 0.3 is 5.97 Å². The van der Waals surface area contributed by atoms with Crippen molar-refractivity contribution in [3.63, 3.8) is 0 Å². The van der Waals surface area contributed by atoms with Crippen LogP contribution in [0.1, 0.15) is 66.2 Å². The number of carbonyl (C=O) groups is 3. The maximum absolute atomic E-state index is 13.7. The molecule has 2 aliphatic heterocycles. The normalized spacial score (nSPS) is 34.9. The molecule has 2 aromatic heterocycles. The van der Waals surface area contributed by atoms with Crippen LogP contribution in [0, 0.1) is 34.0 Å². The number of Topliss-reactive ketones (excluding diaryl/α,β-unsaturated/α-hetero) is 1. The Labute approximate surface area is 316 Å². The Balaban J connectivity index is 0.00000464. The summed E-state index contributed by atoms with van der Waals surface area (Å²) in [6.07, 6.45) is 6.16. The topological polar surface area (TPSA) is 169 Å². The molecule has 4 heterocycles. The summed E-state index contributed by atoms with van der Waals surface area (Å²) in [5.41, 5.74) is 5.89. The zero-order chi connectivity index (χ0) is 36.3. The molecule has 8 atom stereocenters. The smallest absolute Gasteiger partial charge is 0.316 e. The van der Waals surface area contributed by atoms with E-state index in [-0.39, 0.29) is 70.2 Å². The van der Waals surface area contributed by atoms with Gasteiger partial charge in [0.15, 0.2) is 17.0 Å². The minimum atomic E-state index is -0.691. The number of ether oxygens (including phenoxy) is 1. The van der Waals surface area contributed by atoms with E-state index >= 15 is 0 Å². The number of piperazine rings is 1. The van der Waals surface area contributed by atoms with Crippen molar-refractivity contribution >= 4 is 64.8 Å². The average Bonchev–Trinajstić information content (AvgIpc) is 3.68. The number of thioether (sulfide) groups is 1. The number of nitrogens with zero attached hydrogens (tertiary/aromatic N) is 6. The first kappa shape index (κ1) is 38.8. The number of aryl methyl sites for hydroxylation is 1. The average molecular weight is 759 g/mol. The summed E-state index contributed by atoms with van der Waals surface area (Å²) in [7, 11) is 0. The Morgan fingerprint density at radius 3 is 2.63 bits per heavy atom. The van der Waals surface area contributed by atoms with E-state index in [2.05, 4.69) is 52.5 Å². The maximum atomic E-state index is 13.7. The van der Waals surface area contributed by atoms with Crippen molar-refractivity contribution < 1.29 is 24.2 Å². The Morgan fingerprint density at radius 2 is 1.92 bits per heavy atom. The molecule has 0 aromatic carbocycles. The summed E-state index contributed by atoms with van der Waals surface area (Å²) in [5.74, 6) is 0.922. The van der Waals surface area contributed by atoms with Gasteiger partial charge in [-0.05, 0) is 42.9 Å². The van der Waals surface area contributed by atoms with Crippen LogP contribution >= 0.6 is 24.2 Å². The Hall–Kier alpha value is -2.94. The van der Waals surface area contributed by atoms with Crippen molar-refractivity contribution in [2.45, 2.75) is 90.2 Å². The maximum Gasteiger partial charge on any atom is 0.316 e. The Kier molecular flexibility index (Phi) is 11.0. The highest BCUT2D eigenvalue weighted by atomic mass is 35.5. The van der Waals surface area contributed by atoms with E-state index in [1.807, 2.05) is 22.5 Å². The number of likely N-dealkylation sites (tertiary alicyclic amines) is 1. The largest absolute Gasteiger partial charge is 0.461 e. The lowest BCUT2D eigenvalue weighted by molar-refractivity contribution is -0.205. The van der Waals surface area contributed by atoms with E-state index in [1.54, 1.807) is 6.33 Å². The van der Waals surface area contributed by atoms with Crippen molar-refractivity contribution in [3.05, 3.63) is 19.0 Å². The van der Waals surface area contributed by atoms with Crippen molar-refractivity contribution in [3.8, 4) is 0 Å². The lowest BCUT2D eigenvalue weighted by Gasteiger charge is -2.61. The number of rotatable bonds is 9. The van der Waals surface area contributed by atoms with Crippen molar-refractivity contribution in [1.82, 2.24) is 29.7 Å². The lowest BCUT2D eigenvalue weighted by atomic mass is 9.44. The van der Waals surface area contributed by atoms with Gasteiger partial charge in [0.25, 0.3) is 0 Å². The van der Waals surface area contributed by atoms with E-state index < -0.39 is 23.0 Å². The fraction of sp³-hybridized carbons (Fsp3) is 0.730. The second-order valence-electron chi connectivity index (χ2n) is 16.3. The third-order valence-corrected chi connectivity index (χ3v) is 14.8. The van der Waals surface area contributed by atoms with Crippen LogP contribution in [-0.2, 0) is 25.7 Å². The number of aliphatic hydroxyl groups excluding tert-OH is 1. The van der Waals surface area contributed by atoms with Gasteiger partial charge in [0.05, 0.1) is 18.2 Å². The van der Waals surface area contributed by atoms with Crippen LogP contribution in [0.3, 0.4) is 0 Å². The van der Waals surface area contributed by atoms with E-state index in [1.165, 1.54) is 11.8 Å². The first-order chi connectivity index (χ1) is 24.3. The molecule has 0 unspecified atom stereocenters. The van der Waals surface area contributed by atoms with Gasteiger partial charge in [-0.3, -0.25) is 14.4 Å². The minimum Gasteiger partial charge on any atom is -0.461 e. The number of fused-ring (bicyclic) bond motifs is 1. The predicted molar refractivity (Wildman–Crippen MR) is 204 cm³/mol. The van der Waals surface area contributed by atoms with Crippen LogP contribution in [0.15, 0.2) is 19.0 Å². The second-order valence-corrected chi connectivity index (χ2v) is 17.6. The second kappa shape index (κ2) is 14.7. The Morgan fingerprint density at radius 1 is 1.19 bits per heavy atom. The van der Waals surface area contributed by atoms with E-state index in [4.69, 9.17) is 10.5 Å². The molecule has 0 spiro atoms. The number of nitrogens with two attached hydrogens (primary N) is 1. The van der Waals surface area contributed by atoms with Crippen molar-refractivity contribution in [2.75, 3.05) is 55.7 Å². The van der Waals surface area contributed by atoms with Crippen molar-refractivity contribution in [1.29, 1.82) is 0 Å². The highest BCUT2D eigenvalue weighted by Crippen LogP contribution is 2.68. The summed E-state index contributed by atoms with van der Waals surface area (Å²) in [5, 5.41) is 15.2. The lowest BCUT2D eigenvalue weighted by Crippen LogP contribution is -2.63. The highest BCUT2D eigenvalue weighted by molar-refractivity contribution is 8.00. The van der Waals surface area contributed by atoms with Crippen LogP contribution in [0.4, 0.5) is 11.8 Å². The number of carbonyl (C=O) groups excluding carboxylic acids is 3. The molecule has 0 radical (unpaired) electrons. The number of nitrogens with one attached hydrogen (secondary N) is 1. The summed E-state index contributed by atoms with van der Waals surface area (Å²) >= 11 is 1.51. The van der Waals surface area contributed by atoms with Crippen LogP contribution in [0.2, 0.25) is 0 Å². The van der Waals surface area contributed by atoms with Gasteiger partial charge in [-0.15, -0.1) is 30.7 Å². The number of hydrogen-bond donors (Lipinski definition) is 3. The number of ketones is 1. The van der Waals surface area contributed by atoms with Gasteiger partial charge in [-0.2, -0.15) is 9.97 Å². The number of aliphatic hydroxyl groups is 1. The van der Waals surface area contributed by atoms with E-state index in [9.17, 15) is 19.5 Å². The molecule has 2 aromatic rings. The number of anilines is 2. The van der Waals surface area contributed by atoms with Gasteiger partial charge in [0.1, 0.15) is 11.9 Å². The molecule has 286 valence electrons. The zero-order valence-corrected chi connectivity index (χ0v) is 32.5. The standard InChI is InChI=1S/C37H54N8O5S.ClH/c1-6-35(4)17-26(36(5)22(2)7-10-37(23(3)31(35)49)11-8-25(46)30(36)37)50-28(48)20-51-24-18-45(19-24)27(47)9-14-44-21-40-29-32(41-34(38)42-33(29)44)43-15-12-39-13-16-43;/h6,21-24,26,30-31,39,49H,1,7-20H2,2-5H3,(H2,38,41,42);1H/t22-,23+,26-,30-,31+,35-,36+,37+;/m1./s1. The number of imidazole rings is 1. The summed E-state index contributed by atoms with van der Waals surface area (Å²) in [6.45, 7) is 17.5. The van der Waals surface area contributed by atoms with E-state index in [0.717, 1.165) is 51.3 Å². The molecule has 2 bridgehead atoms. The quantitative estimate of drug-likeness (QED) is 0.252. The molecule has 2 saturated heterocycles. The SMILES string of the molecule is C=C[C@]1(C)C[C@@H](OC(=O)CSC2CN(C(=O)CCn3cnc4c(N5CCNCC5)nc(N)nc43)C2)[C@]2(C)[C@H](C)CC[C@]3(CCC(=O)[C@@H]32)[C@@H](C)[C@@H]1O.Cl. The number of nitrogen functional groups attached to an aromatic ring is 1. The molecule has 5 aliphatic rings. The number of amides is 1. The molecule has 3 aliphatic carbocycles. The monoisotopic (exact) mass is 758 g/mol. The van der Waals surface area contributed by atoms with Gasteiger partial charge < -0.3 is 35.3 Å². The number of hydrogen-bond acceptors (Lipinski definition) is 12. The van der Waals surface area contributed by atoms with Crippen molar-refractivity contribution in [2.24, 2.45) is 34.0 Å². The summed E-state index contributed by atoms with van der Waals surface area (Å²) < 4.78 is 8.26. The van der Waals surface area contributed by atoms with Gasteiger partial charge in [0.2, 0.25) is 11.9 Å². The van der Waals surface area contributed by atoms with Crippen LogP contribution in [0.25, 0.3) is 11.2 Å². The molecule has 1 amide bonds. The third-order valence-electron chi connectivity index (χ3n) is 13.7. The Bertz CT molecular complexity index is 1700. The van der Waals surface area contributed by atoms with Crippen LogP contribution < -0.4 is 16.0 Å². The zero-order valence-electron chi connectivity index (χ0n) is 30.9. The molecular weight excluding hydrogens is 704 g/mol. The fourth-order valence-electron chi connectivity index (χ4n) is 10.2. The molecule has 15 heteroatoms. The first-order valence-electron chi connectivity index (χ1n) is 18.7. The minimum absolute atomic E-state index is 0. The fourth-order valence-corrected chi connectivity index (χ4v) is 11.2. The number of esters is 1. The van der Waals surface area contributed by atoms with Crippen LogP contribution in [-0.4, -0.2) is 110 Å². The highest BCUT2D eigenvalue weighted by Gasteiger charge is 2.68. The summed E-state index contributed by atoms with van der Waals surface area (Å²) in [4.78, 5) is 57.8. The molecule has 5 fully saturated rings. The summed E-state index contributed by atoms with van der Waals surface area (Å²) in [6, 6.07) is 0. The van der Waals surface area contributed by atoms with Crippen LogP contribution in [0.5, 0.6) is 0 Å². The molecule has 13 nitrogen and oxygen atoms in total. The predicted octanol–water partition coefficient (Wildman–Crippen LogP) is 3.48. The molecule has 3 saturated carbocycles. The molecule has 7 rings (SSSR count).